The molecular formula is C37H38N4O5. The molecule has 1 heterocycles. The number of carboxylic acids is 1. The Labute approximate surface area is 268 Å². The lowest BCUT2D eigenvalue weighted by Crippen LogP contribution is -2.36. The number of carbonyl (C=O) groups is 4. The molecule has 4 aromatic carbocycles. The number of nitrogens with zero attached hydrogens (tertiary/aromatic N) is 2. The van der Waals surface area contributed by atoms with Crippen molar-refractivity contribution in [2.45, 2.75) is 32.2 Å². The minimum atomic E-state index is -1.03. The van der Waals surface area contributed by atoms with Gasteiger partial charge in [0.15, 0.2) is 0 Å². The highest BCUT2D eigenvalue weighted by molar-refractivity contribution is 6.07. The predicted molar refractivity (Wildman–Crippen MR) is 178 cm³/mol. The first-order valence-electron chi connectivity index (χ1n) is 15.4. The highest BCUT2D eigenvalue weighted by Crippen LogP contribution is 2.30. The van der Waals surface area contributed by atoms with Gasteiger partial charge in [0.2, 0.25) is 5.91 Å². The summed E-state index contributed by atoms with van der Waals surface area (Å²) in [5, 5.41) is 15.4. The SMILES string of the molecule is Cc1ccc(C(CC(=O)O)NC(=O)c2ccc(N3CCCN(C(=O)Cc4ccccc4)CC3)c(NC(=O)c3ccccc3)c2)cc1. The van der Waals surface area contributed by atoms with E-state index in [9.17, 15) is 24.3 Å². The van der Waals surface area contributed by atoms with Crippen LogP contribution in [0.1, 0.15) is 56.3 Å². The Morgan fingerprint density at radius 2 is 1.46 bits per heavy atom. The summed E-state index contributed by atoms with van der Waals surface area (Å²) in [5.74, 6) is -1.74. The average Bonchev–Trinajstić information content (AvgIpc) is 3.32. The molecule has 1 fully saturated rings. The van der Waals surface area contributed by atoms with E-state index in [0.29, 0.717) is 49.4 Å². The number of carbonyl (C=O) groups excluding carboxylic acids is 3. The molecule has 0 aromatic heterocycles. The fourth-order valence-electron chi connectivity index (χ4n) is 5.59. The van der Waals surface area contributed by atoms with Crippen molar-refractivity contribution in [2.24, 2.45) is 0 Å². The summed E-state index contributed by atoms with van der Waals surface area (Å²) in [4.78, 5) is 55.5. The number of hydrogen-bond acceptors (Lipinski definition) is 5. The second kappa shape index (κ2) is 15.0. The third-order valence-electron chi connectivity index (χ3n) is 8.09. The molecule has 1 unspecified atom stereocenters. The normalized spacial score (nSPS) is 13.8. The lowest BCUT2D eigenvalue weighted by atomic mass is 10.0. The number of carboxylic acid groups (broad SMARTS) is 1. The third kappa shape index (κ3) is 8.38. The maximum atomic E-state index is 13.5. The van der Waals surface area contributed by atoms with Crippen molar-refractivity contribution in [1.82, 2.24) is 10.2 Å². The van der Waals surface area contributed by atoms with Gasteiger partial charge in [-0.05, 0) is 54.8 Å². The molecule has 1 aliphatic heterocycles. The van der Waals surface area contributed by atoms with Crippen LogP contribution >= 0.6 is 0 Å². The van der Waals surface area contributed by atoms with Crippen molar-refractivity contribution in [3.8, 4) is 0 Å². The van der Waals surface area contributed by atoms with Crippen molar-refractivity contribution in [2.75, 3.05) is 36.4 Å². The number of rotatable bonds is 10. The van der Waals surface area contributed by atoms with E-state index in [4.69, 9.17) is 0 Å². The van der Waals surface area contributed by atoms with E-state index in [1.165, 1.54) is 0 Å². The molecule has 0 bridgehead atoms. The Balaban J connectivity index is 1.38. The van der Waals surface area contributed by atoms with Gasteiger partial charge in [-0.1, -0.05) is 78.4 Å². The molecule has 0 spiro atoms. The second-order valence-electron chi connectivity index (χ2n) is 11.5. The first-order valence-corrected chi connectivity index (χ1v) is 15.4. The zero-order chi connectivity index (χ0) is 32.5. The Morgan fingerprint density at radius 3 is 2.15 bits per heavy atom. The number of anilines is 2. The highest BCUT2D eigenvalue weighted by atomic mass is 16.4. The zero-order valence-corrected chi connectivity index (χ0v) is 25.8. The van der Waals surface area contributed by atoms with Crippen LogP contribution in [0.25, 0.3) is 0 Å². The maximum absolute atomic E-state index is 13.5. The summed E-state index contributed by atoms with van der Waals surface area (Å²) in [7, 11) is 0. The zero-order valence-electron chi connectivity index (χ0n) is 25.8. The van der Waals surface area contributed by atoms with Gasteiger partial charge in [0.1, 0.15) is 0 Å². The summed E-state index contributed by atoms with van der Waals surface area (Å²) in [6, 6.07) is 30.2. The minimum Gasteiger partial charge on any atom is -0.481 e. The van der Waals surface area contributed by atoms with Crippen molar-refractivity contribution in [3.05, 3.63) is 131 Å². The quantitative estimate of drug-likeness (QED) is 0.217. The molecule has 0 radical (unpaired) electrons. The topological polar surface area (TPSA) is 119 Å². The van der Waals surface area contributed by atoms with E-state index in [0.717, 1.165) is 23.2 Å². The van der Waals surface area contributed by atoms with Gasteiger partial charge in [-0.15, -0.1) is 0 Å². The van der Waals surface area contributed by atoms with E-state index >= 15 is 0 Å². The molecule has 3 N–H and O–H groups in total. The first-order chi connectivity index (χ1) is 22.3. The minimum absolute atomic E-state index is 0.0714. The second-order valence-corrected chi connectivity index (χ2v) is 11.5. The van der Waals surface area contributed by atoms with Crippen LogP contribution in [0.4, 0.5) is 11.4 Å². The van der Waals surface area contributed by atoms with E-state index in [1.54, 1.807) is 42.5 Å². The predicted octanol–water partition coefficient (Wildman–Crippen LogP) is 5.47. The van der Waals surface area contributed by atoms with E-state index < -0.39 is 17.9 Å². The highest BCUT2D eigenvalue weighted by Gasteiger charge is 2.24. The van der Waals surface area contributed by atoms with Crippen LogP contribution in [0.5, 0.6) is 0 Å². The third-order valence-corrected chi connectivity index (χ3v) is 8.09. The van der Waals surface area contributed by atoms with Crippen LogP contribution in [-0.4, -0.2) is 59.9 Å². The Bertz CT molecular complexity index is 1680. The first kappa shape index (κ1) is 32.0. The number of benzene rings is 4. The van der Waals surface area contributed by atoms with Gasteiger partial charge in [-0.25, -0.2) is 0 Å². The summed E-state index contributed by atoms with van der Waals surface area (Å²) in [6.07, 6.45) is 0.800. The van der Waals surface area contributed by atoms with Gasteiger partial charge in [0, 0.05) is 37.3 Å². The Kier molecular flexibility index (Phi) is 10.4. The lowest BCUT2D eigenvalue weighted by Gasteiger charge is -2.27. The summed E-state index contributed by atoms with van der Waals surface area (Å²) in [6.45, 7) is 4.29. The van der Waals surface area contributed by atoms with Gasteiger partial charge in [-0.2, -0.15) is 0 Å². The molecule has 236 valence electrons. The summed E-state index contributed by atoms with van der Waals surface area (Å²) < 4.78 is 0. The Hall–Kier alpha value is -5.44. The number of hydrogen-bond donors (Lipinski definition) is 3. The van der Waals surface area contributed by atoms with E-state index in [-0.39, 0.29) is 23.8 Å². The van der Waals surface area contributed by atoms with E-state index in [2.05, 4.69) is 15.5 Å². The molecule has 9 nitrogen and oxygen atoms in total. The molecule has 46 heavy (non-hydrogen) atoms. The van der Waals surface area contributed by atoms with Crippen LogP contribution < -0.4 is 15.5 Å². The standard InChI is InChI=1S/C37H38N4O5/c1-26-13-15-28(16-14-26)31(25-35(43)44)38-37(46)30-17-18-33(32(24-30)39-36(45)29-11-6-3-7-12-29)40-19-8-20-41(22-21-40)34(42)23-27-9-4-2-5-10-27/h2-7,9-18,24,31H,8,19-23,25H2,1H3,(H,38,46)(H,39,45)(H,43,44). The number of amides is 3. The molecular weight excluding hydrogens is 580 g/mol. The molecule has 0 saturated carbocycles. The van der Waals surface area contributed by atoms with E-state index in [1.807, 2.05) is 72.5 Å². The van der Waals surface area contributed by atoms with Gasteiger partial charge >= 0.3 is 5.97 Å². The molecule has 4 aromatic rings. The summed E-state index contributed by atoms with van der Waals surface area (Å²) in [5.41, 5.74) is 4.62. The molecule has 3 amide bonds. The van der Waals surface area contributed by atoms with Crippen LogP contribution in [0, 0.1) is 6.92 Å². The smallest absolute Gasteiger partial charge is 0.305 e. The van der Waals surface area contributed by atoms with Crippen molar-refractivity contribution < 1.29 is 24.3 Å². The van der Waals surface area contributed by atoms with Gasteiger partial charge < -0.3 is 25.5 Å². The molecule has 1 saturated heterocycles. The number of aliphatic carboxylic acids is 1. The van der Waals surface area contributed by atoms with Crippen LogP contribution in [0.15, 0.2) is 103 Å². The summed E-state index contributed by atoms with van der Waals surface area (Å²) >= 11 is 0. The molecule has 9 heteroatoms. The van der Waals surface area contributed by atoms with Gasteiger partial charge in [0.25, 0.3) is 11.8 Å². The average molecular weight is 619 g/mol. The molecule has 5 rings (SSSR count). The molecule has 0 aliphatic carbocycles. The lowest BCUT2D eigenvalue weighted by molar-refractivity contribution is -0.137. The fraction of sp³-hybridized carbons (Fsp3) is 0.243. The number of aryl methyl sites for hydroxylation is 1. The molecule has 1 aliphatic rings. The van der Waals surface area contributed by atoms with Crippen molar-refractivity contribution >= 4 is 35.1 Å². The maximum Gasteiger partial charge on any atom is 0.305 e. The molecule has 1 atom stereocenters. The van der Waals surface area contributed by atoms with Crippen molar-refractivity contribution in [3.63, 3.8) is 0 Å². The van der Waals surface area contributed by atoms with Crippen LogP contribution in [-0.2, 0) is 16.0 Å². The monoisotopic (exact) mass is 618 g/mol. The van der Waals surface area contributed by atoms with Gasteiger partial charge in [-0.3, -0.25) is 19.2 Å². The number of nitrogens with one attached hydrogen (secondary N) is 2. The fourth-order valence-corrected chi connectivity index (χ4v) is 5.59. The largest absolute Gasteiger partial charge is 0.481 e. The van der Waals surface area contributed by atoms with Crippen LogP contribution in [0.3, 0.4) is 0 Å². The van der Waals surface area contributed by atoms with Crippen molar-refractivity contribution in [1.29, 1.82) is 0 Å². The Morgan fingerprint density at radius 1 is 0.761 bits per heavy atom. The van der Waals surface area contributed by atoms with Crippen LogP contribution in [0.2, 0.25) is 0 Å². The van der Waals surface area contributed by atoms with Gasteiger partial charge in [0.05, 0.1) is 30.3 Å².